The lowest BCUT2D eigenvalue weighted by atomic mass is 9.82. The number of carbonyl (C=O) groups is 2. The maximum Gasteiger partial charge on any atom is 0.339 e. The van der Waals surface area contributed by atoms with E-state index in [2.05, 4.69) is 6.92 Å². The van der Waals surface area contributed by atoms with Gasteiger partial charge in [-0.15, -0.1) is 0 Å². The van der Waals surface area contributed by atoms with Gasteiger partial charge in [-0.3, -0.25) is 0 Å². The van der Waals surface area contributed by atoms with Crippen molar-refractivity contribution >= 4 is 11.9 Å². The maximum absolute atomic E-state index is 13.2. The second kappa shape index (κ2) is 11.3. The first-order valence-electron chi connectivity index (χ1n) is 11.2. The van der Waals surface area contributed by atoms with Crippen molar-refractivity contribution in [2.75, 3.05) is 0 Å². The lowest BCUT2D eigenvalue weighted by Gasteiger charge is -2.39. The molecule has 0 aliphatic carbocycles. The van der Waals surface area contributed by atoms with Crippen LogP contribution < -0.4 is 0 Å². The van der Waals surface area contributed by atoms with Crippen LogP contribution >= 0.6 is 0 Å². The molecule has 2 atom stereocenters. The first-order valence-corrected chi connectivity index (χ1v) is 11.2. The second-order valence-corrected chi connectivity index (χ2v) is 7.77. The Morgan fingerprint density at radius 3 is 1.75 bits per heavy atom. The molecule has 4 nitrogen and oxygen atoms in total. The molecule has 0 fully saturated rings. The molecule has 0 aromatic heterocycles. The maximum atomic E-state index is 13.2. The van der Waals surface area contributed by atoms with Crippen molar-refractivity contribution in [1.29, 1.82) is 0 Å². The minimum atomic E-state index is -1.10. The molecule has 0 saturated carbocycles. The molecular formula is C28H30O4. The molecule has 2 unspecified atom stereocenters. The number of carbonyl (C=O) groups excluding carboxylic acids is 2. The van der Waals surface area contributed by atoms with Crippen molar-refractivity contribution < 1.29 is 19.1 Å². The molecule has 0 N–H and O–H groups in total. The molecule has 4 heteroatoms. The van der Waals surface area contributed by atoms with E-state index in [9.17, 15) is 9.59 Å². The van der Waals surface area contributed by atoms with Gasteiger partial charge in [0.15, 0.2) is 5.60 Å². The third-order valence-electron chi connectivity index (χ3n) is 5.67. The minimum Gasteiger partial charge on any atom is -0.454 e. The molecule has 3 aromatic rings. The lowest BCUT2D eigenvalue weighted by molar-refractivity contribution is -0.108. The van der Waals surface area contributed by atoms with Crippen LogP contribution in [0.4, 0.5) is 0 Å². The van der Waals surface area contributed by atoms with E-state index in [1.54, 1.807) is 48.5 Å². The minimum absolute atomic E-state index is 0.420. The summed E-state index contributed by atoms with van der Waals surface area (Å²) < 4.78 is 12.3. The fraction of sp³-hybridized carbons (Fsp3) is 0.286. The number of hydrogen-bond donors (Lipinski definition) is 0. The van der Waals surface area contributed by atoms with E-state index in [0.29, 0.717) is 24.0 Å². The predicted molar refractivity (Wildman–Crippen MR) is 125 cm³/mol. The van der Waals surface area contributed by atoms with Crippen LogP contribution in [-0.4, -0.2) is 18.0 Å². The Balaban J connectivity index is 2.02. The van der Waals surface area contributed by atoms with E-state index in [1.807, 2.05) is 49.4 Å². The van der Waals surface area contributed by atoms with Crippen LogP contribution in [0.5, 0.6) is 0 Å². The van der Waals surface area contributed by atoms with E-state index < -0.39 is 23.6 Å². The monoisotopic (exact) mass is 430 g/mol. The Kier molecular flexibility index (Phi) is 8.20. The second-order valence-electron chi connectivity index (χ2n) is 7.77. The molecule has 0 radical (unpaired) electrons. The smallest absolute Gasteiger partial charge is 0.339 e. The quantitative estimate of drug-likeness (QED) is 0.342. The van der Waals surface area contributed by atoms with E-state index >= 15 is 0 Å². The summed E-state index contributed by atoms with van der Waals surface area (Å²) in [6.07, 6.45) is 2.19. The van der Waals surface area contributed by atoms with Gasteiger partial charge in [0, 0.05) is 0 Å². The van der Waals surface area contributed by atoms with Crippen molar-refractivity contribution in [3.05, 3.63) is 108 Å². The van der Waals surface area contributed by atoms with Gasteiger partial charge < -0.3 is 9.47 Å². The zero-order chi connectivity index (χ0) is 22.8. The first kappa shape index (κ1) is 23.3. The fourth-order valence-electron chi connectivity index (χ4n) is 3.88. The van der Waals surface area contributed by atoms with Crippen LogP contribution in [-0.2, 0) is 15.1 Å². The molecule has 0 amide bonds. The molecular weight excluding hydrogens is 400 g/mol. The van der Waals surface area contributed by atoms with Gasteiger partial charge in [-0.25, -0.2) is 9.59 Å². The highest BCUT2D eigenvalue weighted by molar-refractivity contribution is 5.90. The Bertz CT molecular complexity index is 986. The van der Waals surface area contributed by atoms with Gasteiger partial charge >= 0.3 is 11.9 Å². The highest BCUT2D eigenvalue weighted by atomic mass is 16.6. The molecule has 0 aliphatic heterocycles. The number of ether oxygens (including phenoxy) is 2. The predicted octanol–water partition coefficient (Wildman–Crippen LogP) is 6.56. The van der Waals surface area contributed by atoms with Gasteiger partial charge in [-0.1, -0.05) is 87.0 Å². The number of esters is 2. The van der Waals surface area contributed by atoms with E-state index in [-0.39, 0.29) is 0 Å². The number of rotatable bonds is 10. The van der Waals surface area contributed by atoms with Crippen LogP contribution in [0, 0.1) is 0 Å². The summed E-state index contributed by atoms with van der Waals surface area (Å²) in [5.41, 5.74) is 0.647. The molecule has 32 heavy (non-hydrogen) atoms. The molecule has 0 saturated heterocycles. The third kappa shape index (κ3) is 5.44. The zero-order valence-electron chi connectivity index (χ0n) is 18.7. The Hall–Kier alpha value is -3.40. The molecule has 3 aromatic carbocycles. The number of unbranched alkanes of at least 4 members (excludes halogenated alkanes) is 1. The Morgan fingerprint density at radius 2 is 1.25 bits per heavy atom. The van der Waals surface area contributed by atoms with Gasteiger partial charge in [0.05, 0.1) is 11.1 Å². The van der Waals surface area contributed by atoms with Crippen molar-refractivity contribution in [3.63, 3.8) is 0 Å². The van der Waals surface area contributed by atoms with Gasteiger partial charge in [0.25, 0.3) is 0 Å². The summed E-state index contributed by atoms with van der Waals surface area (Å²) in [5, 5.41) is 0. The van der Waals surface area contributed by atoms with Crippen LogP contribution in [0.2, 0.25) is 0 Å². The molecule has 0 bridgehead atoms. The SMILES string of the molecule is CCCCC(OC(=O)c1ccccc1)C(CC)(OC(=O)c1ccccc1)c1ccccc1. The Labute approximate surface area is 190 Å². The molecule has 166 valence electrons. The van der Waals surface area contributed by atoms with Crippen LogP contribution in [0.25, 0.3) is 0 Å². The molecule has 0 heterocycles. The standard InChI is InChI=1S/C28H30O4/c1-3-5-21-25(31-26(29)22-15-9-6-10-16-22)28(4-2,24-19-13-8-14-20-24)32-27(30)23-17-11-7-12-18-23/h6-20,25H,3-5,21H2,1-2H3. The van der Waals surface area contributed by atoms with Crippen LogP contribution in [0.1, 0.15) is 65.8 Å². The first-order chi connectivity index (χ1) is 15.6. The van der Waals surface area contributed by atoms with Crippen LogP contribution in [0.3, 0.4) is 0 Å². The summed E-state index contributed by atoms with van der Waals surface area (Å²) in [6, 6.07) is 27.4. The lowest BCUT2D eigenvalue weighted by Crippen LogP contribution is -2.46. The van der Waals surface area contributed by atoms with E-state index in [0.717, 1.165) is 18.4 Å². The van der Waals surface area contributed by atoms with Crippen molar-refractivity contribution in [2.45, 2.75) is 51.2 Å². The highest BCUT2D eigenvalue weighted by Gasteiger charge is 2.45. The summed E-state index contributed by atoms with van der Waals surface area (Å²) in [5.74, 6) is -0.857. The van der Waals surface area contributed by atoms with Crippen molar-refractivity contribution in [2.24, 2.45) is 0 Å². The van der Waals surface area contributed by atoms with Crippen molar-refractivity contribution in [3.8, 4) is 0 Å². The summed E-state index contributed by atoms with van der Waals surface area (Å²) in [7, 11) is 0. The van der Waals surface area contributed by atoms with Gasteiger partial charge in [-0.05, 0) is 49.1 Å². The van der Waals surface area contributed by atoms with E-state index in [4.69, 9.17) is 9.47 Å². The zero-order valence-corrected chi connectivity index (χ0v) is 18.7. The average molecular weight is 431 g/mol. The number of benzene rings is 3. The topological polar surface area (TPSA) is 52.6 Å². The average Bonchev–Trinajstić information content (AvgIpc) is 2.86. The largest absolute Gasteiger partial charge is 0.454 e. The molecule has 0 spiro atoms. The summed E-state index contributed by atoms with van der Waals surface area (Å²) in [6.45, 7) is 4.04. The number of hydrogen-bond acceptors (Lipinski definition) is 4. The Morgan fingerprint density at radius 1 is 0.750 bits per heavy atom. The van der Waals surface area contributed by atoms with Gasteiger partial charge in [-0.2, -0.15) is 0 Å². The normalized spacial score (nSPS) is 13.6. The molecule has 3 rings (SSSR count). The third-order valence-corrected chi connectivity index (χ3v) is 5.67. The van der Waals surface area contributed by atoms with Gasteiger partial charge in [0.1, 0.15) is 6.10 Å². The van der Waals surface area contributed by atoms with Crippen molar-refractivity contribution in [1.82, 2.24) is 0 Å². The highest BCUT2D eigenvalue weighted by Crippen LogP contribution is 2.38. The van der Waals surface area contributed by atoms with Crippen LogP contribution in [0.15, 0.2) is 91.0 Å². The summed E-state index contributed by atoms with van der Waals surface area (Å²) >= 11 is 0. The van der Waals surface area contributed by atoms with Gasteiger partial charge in [0.2, 0.25) is 0 Å². The molecule has 0 aliphatic rings. The summed E-state index contributed by atoms with van der Waals surface area (Å²) in [4.78, 5) is 26.2. The van der Waals surface area contributed by atoms with E-state index in [1.165, 1.54) is 0 Å². The fourth-order valence-corrected chi connectivity index (χ4v) is 3.88.